The molecule has 1 saturated heterocycles. The van der Waals surface area contributed by atoms with Crippen LogP contribution >= 0.6 is 0 Å². The maximum atomic E-state index is 12.5. The van der Waals surface area contributed by atoms with Gasteiger partial charge in [-0.25, -0.2) is 0 Å². The highest BCUT2D eigenvalue weighted by atomic mass is 16.2. The van der Waals surface area contributed by atoms with Crippen molar-refractivity contribution in [3.05, 3.63) is 35.4 Å². The molecule has 1 aliphatic carbocycles. The van der Waals surface area contributed by atoms with Gasteiger partial charge in [-0.2, -0.15) is 0 Å². The van der Waals surface area contributed by atoms with Gasteiger partial charge in [0, 0.05) is 6.54 Å². The summed E-state index contributed by atoms with van der Waals surface area (Å²) in [7, 11) is 0. The number of nitrogens with one attached hydrogen (secondary N) is 1. The number of piperazine rings is 1. The zero-order valence-corrected chi connectivity index (χ0v) is 12.6. The predicted molar refractivity (Wildman–Crippen MR) is 80.5 cm³/mol. The summed E-state index contributed by atoms with van der Waals surface area (Å²) in [5.41, 5.74) is 2.38. The van der Waals surface area contributed by atoms with Gasteiger partial charge in [-0.1, -0.05) is 31.2 Å². The van der Waals surface area contributed by atoms with E-state index in [0.717, 1.165) is 24.8 Å². The lowest BCUT2D eigenvalue weighted by atomic mass is 10.0. The molecule has 2 unspecified atom stereocenters. The van der Waals surface area contributed by atoms with E-state index >= 15 is 0 Å². The monoisotopic (exact) mass is 286 g/mol. The second-order valence-corrected chi connectivity index (χ2v) is 6.15. The summed E-state index contributed by atoms with van der Waals surface area (Å²) in [4.78, 5) is 26.5. The number of carbonyl (C=O) groups excluding carboxylic acids is 2. The van der Waals surface area contributed by atoms with Crippen LogP contribution in [0.5, 0.6) is 0 Å². The topological polar surface area (TPSA) is 49.4 Å². The Morgan fingerprint density at radius 2 is 1.76 bits per heavy atom. The summed E-state index contributed by atoms with van der Waals surface area (Å²) < 4.78 is 0. The molecule has 1 heterocycles. The van der Waals surface area contributed by atoms with Crippen molar-refractivity contribution >= 4 is 11.8 Å². The fraction of sp³-hybridized carbons (Fsp3) is 0.529. The lowest BCUT2D eigenvalue weighted by Crippen LogP contribution is -2.62. The minimum absolute atomic E-state index is 0.00905. The smallest absolute Gasteiger partial charge is 0.245 e. The van der Waals surface area contributed by atoms with Gasteiger partial charge in [0.15, 0.2) is 0 Å². The molecular weight excluding hydrogens is 264 g/mol. The molecule has 2 atom stereocenters. The van der Waals surface area contributed by atoms with Crippen LogP contribution in [0.4, 0.5) is 0 Å². The van der Waals surface area contributed by atoms with E-state index in [1.54, 1.807) is 11.8 Å². The molecule has 1 N–H and O–H groups in total. The van der Waals surface area contributed by atoms with Gasteiger partial charge < -0.3 is 10.2 Å². The van der Waals surface area contributed by atoms with E-state index in [-0.39, 0.29) is 17.9 Å². The summed E-state index contributed by atoms with van der Waals surface area (Å²) in [6.07, 6.45) is 3.10. The average Bonchev–Trinajstić information content (AvgIpc) is 3.30. The molecule has 21 heavy (non-hydrogen) atoms. The molecule has 3 rings (SSSR count). The first-order valence-electron chi connectivity index (χ1n) is 7.79. The first kappa shape index (κ1) is 14.1. The number of rotatable bonds is 4. The summed E-state index contributed by atoms with van der Waals surface area (Å²) in [6, 6.07) is 7.63. The van der Waals surface area contributed by atoms with Gasteiger partial charge in [-0.3, -0.25) is 9.59 Å². The van der Waals surface area contributed by atoms with Crippen molar-refractivity contribution in [1.29, 1.82) is 0 Å². The van der Waals surface area contributed by atoms with Crippen LogP contribution in [0.25, 0.3) is 0 Å². The van der Waals surface area contributed by atoms with E-state index in [4.69, 9.17) is 0 Å². The molecule has 1 aromatic carbocycles. The van der Waals surface area contributed by atoms with Crippen LogP contribution < -0.4 is 5.32 Å². The third-order valence-electron chi connectivity index (χ3n) is 4.47. The molecule has 1 aliphatic heterocycles. The second kappa shape index (κ2) is 5.51. The van der Waals surface area contributed by atoms with Gasteiger partial charge >= 0.3 is 0 Å². The Balaban J connectivity index is 1.81. The molecule has 2 aliphatic rings. The zero-order valence-electron chi connectivity index (χ0n) is 12.6. The largest absolute Gasteiger partial charge is 0.343 e. The molecule has 2 amide bonds. The van der Waals surface area contributed by atoms with Crippen molar-refractivity contribution in [2.45, 2.75) is 51.7 Å². The summed E-state index contributed by atoms with van der Waals surface area (Å²) in [6.45, 7) is 4.41. The molecule has 0 spiro atoms. The average molecular weight is 286 g/mol. The zero-order chi connectivity index (χ0) is 15.0. The van der Waals surface area contributed by atoms with Crippen LogP contribution in [-0.2, 0) is 22.6 Å². The number of hydrogen-bond donors (Lipinski definition) is 1. The van der Waals surface area contributed by atoms with Crippen LogP contribution in [0.2, 0.25) is 0 Å². The second-order valence-electron chi connectivity index (χ2n) is 6.15. The molecule has 0 bridgehead atoms. The first-order valence-corrected chi connectivity index (χ1v) is 7.79. The van der Waals surface area contributed by atoms with Crippen molar-refractivity contribution in [2.24, 2.45) is 5.92 Å². The Morgan fingerprint density at radius 1 is 1.14 bits per heavy atom. The van der Waals surface area contributed by atoms with Gasteiger partial charge in [-0.05, 0) is 43.2 Å². The number of carbonyl (C=O) groups is 2. The molecule has 112 valence electrons. The van der Waals surface area contributed by atoms with E-state index in [0.29, 0.717) is 12.5 Å². The number of benzene rings is 1. The predicted octanol–water partition coefficient (Wildman–Crippen LogP) is 1.87. The lowest BCUT2D eigenvalue weighted by Gasteiger charge is -2.38. The van der Waals surface area contributed by atoms with Gasteiger partial charge in [0.2, 0.25) is 11.8 Å². The first-order chi connectivity index (χ1) is 10.1. The van der Waals surface area contributed by atoms with Crippen molar-refractivity contribution in [3.63, 3.8) is 0 Å². The maximum Gasteiger partial charge on any atom is 0.245 e. The Bertz CT molecular complexity index is 548. The van der Waals surface area contributed by atoms with E-state index in [1.807, 2.05) is 0 Å². The molecule has 4 nitrogen and oxygen atoms in total. The van der Waals surface area contributed by atoms with Gasteiger partial charge in [0.05, 0.1) is 0 Å². The molecule has 1 aromatic rings. The minimum Gasteiger partial charge on any atom is -0.343 e. The number of hydrogen-bond acceptors (Lipinski definition) is 2. The number of aryl methyl sites for hydroxylation is 1. The molecule has 1 saturated carbocycles. The lowest BCUT2D eigenvalue weighted by molar-refractivity contribution is -0.150. The number of amides is 2. The molecular formula is C17H22N2O2. The third-order valence-corrected chi connectivity index (χ3v) is 4.47. The fourth-order valence-corrected chi connectivity index (χ4v) is 3.02. The Labute approximate surface area is 125 Å². The summed E-state index contributed by atoms with van der Waals surface area (Å²) in [5, 5.41) is 2.80. The van der Waals surface area contributed by atoms with Crippen LogP contribution in [0.1, 0.15) is 37.8 Å². The van der Waals surface area contributed by atoms with Gasteiger partial charge in [0.1, 0.15) is 12.1 Å². The van der Waals surface area contributed by atoms with Crippen LogP contribution in [0, 0.1) is 5.92 Å². The Hall–Kier alpha value is -1.84. The van der Waals surface area contributed by atoms with Crippen LogP contribution in [0.15, 0.2) is 24.3 Å². The van der Waals surface area contributed by atoms with Crippen molar-refractivity contribution in [2.75, 3.05) is 0 Å². The van der Waals surface area contributed by atoms with Crippen LogP contribution in [0.3, 0.4) is 0 Å². The highest BCUT2D eigenvalue weighted by Crippen LogP contribution is 2.37. The maximum absolute atomic E-state index is 12.5. The van der Waals surface area contributed by atoms with Gasteiger partial charge in [-0.15, -0.1) is 0 Å². The van der Waals surface area contributed by atoms with Crippen molar-refractivity contribution in [1.82, 2.24) is 10.2 Å². The Morgan fingerprint density at radius 3 is 2.33 bits per heavy atom. The Kier molecular flexibility index (Phi) is 3.70. The summed E-state index contributed by atoms with van der Waals surface area (Å²) in [5.74, 6) is 0.386. The molecule has 0 radical (unpaired) electrons. The highest BCUT2D eigenvalue weighted by molar-refractivity contribution is 5.97. The standard InChI is InChI=1S/C17H22N2O2/c1-3-12-4-6-13(7-5-12)10-19-15(14-8-9-14)16(20)18-11(2)17(19)21/h4-7,11,14-15H,3,8-10H2,1-2H3,(H,18,20). The van der Waals surface area contributed by atoms with E-state index < -0.39 is 6.04 Å². The molecule has 0 aromatic heterocycles. The van der Waals surface area contributed by atoms with Crippen LogP contribution in [-0.4, -0.2) is 28.8 Å². The van der Waals surface area contributed by atoms with E-state index in [2.05, 4.69) is 36.5 Å². The third kappa shape index (κ3) is 2.80. The van der Waals surface area contributed by atoms with Crippen molar-refractivity contribution in [3.8, 4) is 0 Å². The molecule has 4 heteroatoms. The van der Waals surface area contributed by atoms with Crippen molar-refractivity contribution < 1.29 is 9.59 Å². The van der Waals surface area contributed by atoms with Gasteiger partial charge in [0.25, 0.3) is 0 Å². The normalized spacial score (nSPS) is 25.9. The quantitative estimate of drug-likeness (QED) is 0.918. The SMILES string of the molecule is CCc1ccc(CN2C(=O)C(C)NC(=O)C2C2CC2)cc1. The fourth-order valence-electron chi connectivity index (χ4n) is 3.02. The summed E-state index contributed by atoms with van der Waals surface area (Å²) >= 11 is 0. The highest BCUT2D eigenvalue weighted by Gasteiger charge is 2.46. The van der Waals surface area contributed by atoms with E-state index in [9.17, 15) is 9.59 Å². The number of nitrogens with zero attached hydrogens (tertiary/aromatic N) is 1. The molecule has 2 fully saturated rings. The van der Waals surface area contributed by atoms with E-state index in [1.165, 1.54) is 5.56 Å². The minimum atomic E-state index is -0.414.